The highest BCUT2D eigenvalue weighted by Crippen LogP contribution is 2.66. The van der Waals surface area contributed by atoms with Crippen LogP contribution in [-0.4, -0.2) is 40.4 Å². The fourth-order valence-corrected chi connectivity index (χ4v) is 11.4. The lowest BCUT2D eigenvalue weighted by molar-refractivity contribution is -0.130. The quantitative estimate of drug-likeness (QED) is 0.0632. The van der Waals surface area contributed by atoms with Gasteiger partial charge in [0.25, 0.3) is 15.4 Å². The fraction of sp³-hybridized carbons (Fsp3) is 0.605. The number of rotatable bonds is 22. The lowest BCUT2D eigenvalue weighted by Gasteiger charge is -2.49. The molecule has 2 amide bonds. The van der Waals surface area contributed by atoms with Crippen LogP contribution in [0.25, 0.3) is 0 Å². The second kappa shape index (κ2) is 20.1. The Hall–Kier alpha value is -2.69. The number of hydrogen-bond acceptors (Lipinski definition) is 5. The predicted molar refractivity (Wildman–Crippen MR) is 199 cm³/mol. The molecule has 48 heavy (non-hydrogen) atoms. The van der Waals surface area contributed by atoms with Crippen LogP contribution in [0.3, 0.4) is 0 Å². The van der Waals surface area contributed by atoms with E-state index in [1.165, 1.54) is 82.1 Å². The average molecular weight is 705 g/mol. The summed E-state index contributed by atoms with van der Waals surface area (Å²) in [6.07, 6.45) is 16.7. The largest absolute Gasteiger partial charge is 0.361 e. The number of benzene rings is 2. The minimum atomic E-state index is -4.52. The fourth-order valence-electron chi connectivity index (χ4n) is 6.38. The molecule has 3 atom stereocenters. The van der Waals surface area contributed by atoms with E-state index in [0.29, 0.717) is 23.4 Å². The zero-order valence-electron chi connectivity index (χ0n) is 29.8. The van der Waals surface area contributed by atoms with Gasteiger partial charge in [0.2, 0.25) is 5.91 Å². The van der Waals surface area contributed by atoms with Crippen LogP contribution in [0, 0.1) is 5.41 Å². The van der Waals surface area contributed by atoms with Gasteiger partial charge in [-0.05, 0) is 54.1 Å². The van der Waals surface area contributed by atoms with Crippen LogP contribution < -0.4 is 11.1 Å². The molecule has 2 rings (SSSR count). The molecule has 0 aliphatic rings. The molecular weight excluding hydrogens is 645 g/mol. The zero-order valence-corrected chi connectivity index (χ0v) is 31.5. The molecule has 0 aromatic heterocycles. The Morgan fingerprint density at radius 2 is 1.19 bits per heavy atom. The van der Waals surface area contributed by atoms with Crippen molar-refractivity contribution in [1.82, 2.24) is 0 Å². The topological polar surface area (TPSA) is 144 Å². The van der Waals surface area contributed by atoms with Gasteiger partial charge in [-0.15, -0.1) is 10.0 Å². The summed E-state index contributed by atoms with van der Waals surface area (Å²) >= 11 is 0. The lowest BCUT2D eigenvalue weighted by atomic mass is 9.88. The van der Waals surface area contributed by atoms with E-state index in [0.717, 1.165) is 25.7 Å². The van der Waals surface area contributed by atoms with Gasteiger partial charge in [-0.1, -0.05) is 136 Å². The van der Waals surface area contributed by atoms with Gasteiger partial charge in [-0.3, -0.25) is 18.9 Å². The summed E-state index contributed by atoms with van der Waals surface area (Å²) in [4.78, 5) is 42.7. The first-order valence-corrected chi connectivity index (χ1v) is 21.0. The number of ketones is 1. The summed E-state index contributed by atoms with van der Waals surface area (Å²) in [7, 11) is -7.62. The normalized spacial score (nSPS) is 15.2. The highest BCUT2D eigenvalue weighted by atomic mass is 32.3. The SMILES string of the molecule is CCCCCCCCCCCCCCCC(CC)S(C(N)=O)(c1ccc(S(=O)(=O)O)cc1)C(C(=O)Nc1ccccc1)C(=O)C(C)(C)C. The summed E-state index contributed by atoms with van der Waals surface area (Å²) in [5.41, 5.74) is 5.85. The van der Waals surface area contributed by atoms with Gasteiger partial charge in [0, 0.05) is 16.4 Å². The van der Waals surface area contributed by atoms with Gasteiger partial charge in [-0.25, -0.2) is 0 Å². The molecule has 2 aromatic rings. The highest BCUT2D eigenvalue weighted by molar-refractivity contribution is 8.46. The van der Waals surface area contributed by atoms with Crippen molar-refractivity contribution >= 4 is 42.8 Å². The van der Waals surface area contributed by atoms with Crippen molar-refractivity contribution in [3.05, 3.63) is 54.6 Å². The van der Waals surface area contributed by atoms with E-state index in [1.807, 2.05) is 13.0 Å². The van der Waals surface area contributed by atoms with E-state index < -0.39 is 53.0 Å². The van der Waals surface area contributed by atoms with Crippen LogP contribution in [-0.2, 0) is 19.7 Å². The monoisotopic (exact) mass is 704 g/mol. The molecule has 0 fully saturated rings. The Morgan fingerprint density at radius 3 is 1.60 bits per heavy atom. The van der Waals surface area contributed by atoms with Crippen LogP contribution >= 0.6 is 10.0 Å². The average Bonchev–Trinajstić information content (AvgIpc) is 3.03. The van der Waals surface area contributed by atoms with E-state index in [4.69, 9.17) is 5.73 Å². The zero-order chi connectivity index (χ0) is 35.8. The Balaban J connectivity index is 2.39. The number of nitrogens with one attached hydrogen (secondary N) is 1. The van der Waals surface area contributed by atoms with E-state index >= 15 is 0 Å². The third-order valence-corrected chi connectivity index (χ3v) is 14.5. The van der Waals surface area contributed by atoms with Crippen molar-refractivity contribution in [3.8, 4) is 0 Å². The summed E-state index contributed by atoms with van der Waals surface area (Å²) in [5.74, 6) is -1.02. The van der Waals surface area contributed by atoms with E-state index in [9.17, 15) is 27.4 Å². The molecule has 0 saturated carbocycles. The van der Waals surface area contributed by atoms with Gasteiger partial charge in [0.1, 0.15) is 5.25 Å². The molecule has 0 spiro atoms. The van der Waals surface area contributed by atoms with Crippen LogP contribution in [0.1, 0.15) is 131 Å². The molecule has 4 N–H and O–H groups in total. The van der Waals surface area contributed by atoms with E-state index in [1.54, 1.807) is 45.0 Å². The number of carbonyl (C=O) groups is 3. The second-order valence-corrected chi connectivity index (χ2v) is 18.7. The molecule has 0 radical (unpaired) electrons. The number of anilines is 1. The Bertz CT molecular complexity index is 1390. The molecule has 10 heteroatoms. The molecule has 2 aromatic carbocycles. The van der Waals surface area contributed by atoms with Gasteiger partial charge < -0.3 is 11.1 Å². The minimum Gasteiger partial charge on any atom is -0.361 e. The van der Waals surface area contributed by atoms with Crippen molar-refractivity contribution in [2.45, 2.75) is 151 Å². The first-order valence-electron chi connectivity index (χ1n) is 17.8. The first kappa shape index (κ1) is 41.5. The van der Waals surface area contributed by atoms with Crippen molar-refractivity contribution < 1.29 is 27.4 Å². The predicted octanol–water partition coefficient (Wildman–Crippen LogP) is 10.1. The van der Waals surface area contributed by atoms with Crippen molar-refractivity contribution in [2.24, 2.45) is 11.1 Å². The maximum absolute atomic E-state index is 14.4. The molecule has 270 valence electrons. The third kappa shape index (κ3) is 12.0. The Morgan fingerprint density at radius 1 is 0.729 bits per heavy atom. The molecule has 0 aliphatic heterocycles. The number of Topliss-reactive ketones (excluding diaryl/α,β-unsaturated/α-hetero) is 1. The molecule has 0 aliphatic carbocycles. The number of carbonyl (C=O) groups excluding carboxylic acids is 3. The molecule has 3 unspecified atom stereocenters. The number of hydrogen-bond donors (Lipinski definition) is 3. The number of primary amides is 1. The van der Waals surface area contributed by atoms with E-state index in [-0.39, 0.29) is 4.90 Å². The molecule has 0 bridgehead atoms. The van der Waals surface area contributed by atoms with Crippen molar-refractivity contribution in [3.63, 3.8) is 0 Å². The molecular formula is C38H60N2O6S2. The number of nitrogens with two attached hydrogens (primary N) is 1. The highest BCUT2D eigenvalue weighted by Gasteiger charge is 2.54. The van der Waals surface area contributed by atoms with Gasteiger partial charge in [-0.2, -0.15) is 8.42 Å². The maximum atomic E-state index is 14.4. The van der Waals surface area contributed by atoms with Crippen molar-refractivity contribution in [1.29, 1.82) is 0 Å². The first-order chi connectivity index (χ1) is 22.7. The standard InChI is InChI=1S/C38H60N2O6S2/c1-6-8-9-10-11-12-13-14-15-16-17-18-22-25-31(7-2)47(37(39)43,32-26-28-33(29-27-32)48(44,45)46)34(35(41)38(3,4)5)36(42)40-30-23-20-19-21-24-30/h19-21,23-24,26-29,31,34H,6-18,22,25H2,1-5H3,(H2,39,43)(H,40,42)(H,44,45,46). The Kier molecular flexibility index (Phi) is 17.4. The second-order valence-electron chi connectivity index (χ2n) is 13.9. The Labute approximate surface area is 291 Å². The summed E-state index contributed by atoms with van der Waals surface area (Å²) in [6.45, 7) is 9.34. The summed E-state index contributed by atoms with van der Waals surface area (Å²) in [5, 5.41) is 0.296. The number of amides is 2. The molecule has 0 heterocycles. The number of unbranched alkanes of at least 4 members (excludes halogenated alkanes) is 12. The molecule has 8 nitrogen and oxygen atoms in total. The van der Waals surface area contributed by atoms with Gasteiger partial charge in [0.05, 0.1) is 4.90 Å². The maximum Gasteiger partial charge on any atom is 0.294 e. The van der Waals surface area contributed by atoms with Crippen LogP contribution in [0.4, 0.5) is 10.5 Å². The smallest absolute Gasteiger partial charge is 0.294 e. The minimum absolute atomic E-state index is 0.346. The molecule has 0 saturated heterocycles. The van der Waals surface area contributed by atoms with Gasteiger partial charge >= 0.3 is 0 Å². The summed E-state index contributed by atoms with van der Waals surface area (Å²) in [6, 6.07) is 14.1. The van der Waals surface area contributed by atoms with Crippen LogP contribution in [0.15, 0.2) is 64.4 Å². The summed E-state index contributed by atoms with van der Waals surface area (Å²) < 4.78 is 33.5. The van der Waals surface area contributed by atoms with Crippen LogP contribution in [0.5, 0.6) is 0 Å². The van der Waals surface area contributed by atoms with Gasteiger partial charge in [0.15, 0.2) is 5.78 Å². The van der Waals surface area contributed by atoms with Crippen LogP contribution in [0.2, 0.25) is 0 Å². The van der Waals surface area contributed by atoms with E-state index in [2.05, 4.69) is 12.2 Å². The lowest BCUT2D eigenvalue weighted by Crippen LogP contribution is -2.50. The number of para-hydroxylation sites is 1. The van der Waals surface area contributed by atoms with Crippen molar-refractivity contribution in [2.75, 3.05) is 5.32 Å². The third-order valence-electron chi connectivity index (χ3n) is 9.08.